The summed E-state index contributed by atoms with van der Waals surface area (Å²) in [6.45, 7) is 4.34. The van der Waals surface area contributed by atoms with Gasteiger partial charge in [-0.05, 0) is 32.0 Å². The lowest BCUT2D eigenvalue weighted by Crippen LogP contribution is -2.24. The van der Waals surface area contributed by atoms with E-state index in [2.05, 4.69) is 20.6 Å². The lowest BCUT2D eigenvalue weighted by Gasteiger charge is -2.11. The first-order valence-corrected chi connectivity index (χ1v) is 10.1. The Morgan fingerprint density at radius 1 is 1.06 bits per heavy atom. The maximum absolute atomic E-state index is 13.2. The summed E-state index contributed by atoms with van der Waals surface area (Å²) < 4.78 is 3.69. The summed E-state index contributed by atoms with van der Waals surface area (Å²) in [7, 11) is 0. The van der Waals surface area contributed by atoms with E-state index in [1.54, 1.807) is 6.20 Å². The van der Waals surface area contributed by atoms with Gasteiger partial charge in [0.25, 0.3) is 5.91 Å². The van der Waals surface area contributed by atoms with Crippen molar-refractivity contribution in [2.24, 2.45) is 0 Å². The Balaban J connectivity index is 1.54. The van der Waals surface area contributed by atoms with Crippen LogP contribution in [0.5, 0.6) is 0 Å². The van der Waals surface area contributed by atoms with Crippen LogP contribution in [0.1, 0.15) is 36.1 Å². The lowest BCUT2D eigenvalue weighted by atomic mass is 10.1. The fourth-order valence-corrected chi connectivity index (χ4v) is 3.61. The standard InChI is InChI=1S/C23H21N7O/c1-15(2)30-22-18(13-25-30)17(12-19(26-22)16-8-4-3-5-9-16)23(31)24-14-21-28-27-20-10-6-7-11-29(20)21/h3-13,15H,14H2,1-2H3,(H,24,31). The second kappa shape index (κ2) is 7.64. The van der Waals surface area contributed by atoms with E-state index in [1.165, 1.54) is 0 Å². The molecule has 0 radical (unpaired) electrons. The summed E-state index contributed by atoms with van der Waals surface area (Å²) in [5, 5.41) is 16.5. The van der Waals surface area contributed by atoms with E-state index in [0.29, 0.717) is 17.0 Å². The normalized spacial score (nSPS) is 11.5. The molecule has 0 fully saturated rings. The third kappa shape index (κ3) is 3.42. The maximum Gasteiger partial charge on any atom is 0.252 e. The molecule has 0 bridgehead atoms. The minimum atomic E-state index is -0.208. The Labute approximate surface area is 178 Å². The number of pyridine rings is 2. The molecule has 0 aliphatic rings. The Kier molecular flexibility index (Phi) is 4.66. The highest BCUT2D eigenvalue weighted by Crippen LogP contribution is 2.26. The number of nitrogens with zero attached hydrogens (tertiary/aromatic N) is 6. The zero-order valence-corrected chi connectivity index (χ0v) is 17.2. The van der Waals surface area contributed by atoms with E-state index in [4.69, 9.17) is 4.98 Å². The van der Waals surface area contributed by atoms with Gasteiger partial charge in [-0.1, -0.05) is 36.4 Å². The summed E-state index contributed by atoms with van der Waals surface area (Å²) in [5.74, 6) is 0.455. The monoisotopic (exact) mass is 411 g/mol. The second-order valence-corrected chi connectivity index (χ2v) is 7.57. The Hall–Kier alpha value is -4.07. The number of aromatic nitrogens is 6. The molecular weight excluding hydrogens is 390 g/mol. The molecule has 0 aliphatic heterocycles. The van der Waals surface area contributed by atoms with Gasteiger partial charge < -0.3 is 5.32 Å². The van der Waals surface area contributed by atoms with Crippen molar-refractivity contribution in [3.8, 4) is 11.3 Å². The van der Waals surface area contributed by atoms with Gasteiger partial charge >= 0.3 is 0 Å². The van der Waals surface area contributed by atoms with Crippen molar-refractivity contribution >= 4 is 22.6 Å². The van der Waals surface area contributed by atoms with Crippen LogP contribution in [0.2, 0.25) is 0 Å². The molecule has 1 N–H and O–H groups in total. The van der Waals surface area contributed by atoms with E-state index in [0.717, 1.165) is 22.3 Å². The van der Waals surface area contributed by atoms with Crippen LogP contribution in [0.3, 0.4) is 0 Å². The number of nitrogens with one attached hydrogen (secondary N) is 1. The number of fused-ring (bicyclic) bond motifs is 2. The van der Waals surface area contributed by atoms with Gasteiger partial charge in [0.15, 0.2) is 17.1 Å². The minimum Gasteiger partial charge on any atom is -0.345 e. The van der Waals surface area contributed by atoms with Gasteiger partial charge in [-0.3, -0.25) is 9.20 Å². The van der Waals surface area contributed by atoms with Gasteiger partial charge in [-0.2, -0.15) is 5.10 Å². The average molecular weight is 411 g/mol. The van der Waals surface area contributed by atoms with E-state index >= 15 is 0 Å². The van der Waals surface area contributed by atoms with Crippen LogP contribution >= 0.6 is 0 Å². The molecule has 0 atom stereocenters. The van der Waals surface area contributed by atoms with Crippen LogP contribution in [0.4, 0.5) is 0 Å². The molecule has 4 heterocycles. The molecular formula is C23H21N7O. The molecule has 0 saturated carbocycles. The van der Waals surface area contributed by atoms with E-state index in [-0.39, 0.29) is 18.5 Å². The predicted molar refractivity (Wildman–Crippen MR) is 118 cm³/mol. The summed E-state index contributed by atoms with van der Waals surface area (Å²) in [4.78, 5) is 18.0. The predicted octanol–water partition coefficient (Wildman–Crippen LogP) is 3.65. The van der Waals surface area contributed by atoms with Crippen LogP contribution in [0.25, 0.3) is 27.9 Å². The number of carbonyl (C=O) groups excluding carboxylic acids is 1. The molecule has 154 valence electrons. The van der Waals surface area contributed by atoms with Crippen LogP contribution in [-0.2, 0) is 6.54 Å². The molecule has 0 unspecified atom stereocenters. The average Bonchev–Trinajstić information content (AvgIpc) is 3.41. The number of rotatable bonds is 5. The summed E-state index contributed by atoms with van der Waals surface area (Å²) >= 11 is 0. The zero-order valence-electron chi connectivity index (χ0n) is 17.2. The molecule has 0 saturated heterocycles. The van der Waals surface area contributed by atoms with Crippen LogP contribution in [0.15, 0.2) is 67.0 Å². The number of carbonyl (C=O) groups is 1. The second-order valence-electron chi connectivity index (χ2n) is 7.57. The van der Waals surface area contributed by atoms with Crippen molar-refractivity contribution in [1.82, 2.24) is 34.7 Å². The van der Waals surface area contributed by atoms with Gasteiger partial charge in [0.2, 0.25) is 0 Å². The third-order valence-corrected chi connectivity index (χ3v) is 5.16. The molecule has 4 aromatic heterocycles. The summed E-state index contributed by atoms with van der Waals surface area (Å²) in [6, 6.07) is 17.4. The van der Waals surface area contributed by atoms with Crippen molar-refractivity contribution in [3.05, 3.63) is 78.4 Å². The molecule has 0 aliphatic carbocycles. The first-order valence-electron chi connectivity index (χ1n) is 10.1. The van der Waals surface area contributed by atoms with E-state index in [1.807, 2.05) is 83.7 Å². The third-order valence-electron chi connectivity index (χ3n) is 5.16. The van der Waals surface area contributed by atoms with Crippen LogP contribution in [-0.4, -0.2) is 35.3 Å². The van der Waals surface area contributed by atoms with Gasteiger partial charge in [0, 0.05) is 17.8 Å². The Bertz CT molecular complexity index is 1390. The first kappa shape index (κ1) is 18.9. The highest BCUT2D eigenvalue weighted by molar-refractivity contribution is 6.06. The Morgan fingerprint density at radius 2 is 1.87 bits per heavy atom. The van der Waals surface area contributed by atoms with Gasteiger partial charge in [0.05, 0.1) is 29.4 Å². The molecule has 8 heteroatoms. The number of hydrogen-bond acceptors (Lipinski definition) is 5. The quantitative estimate of drug-likeness (QED) is 0.477. The van der Waals surface area contributed by atoms with Crippen molar-refractivity contribution in [2.75, 3.05) is 0 Å². The van der Waals surface area contributed by atoms with Crippen molar-refractivity contribution in [2.45, 2.75) is 26.4 Å². The zero-order chi connectivity index (χ0) is 21.4. The number of hydrogen-bond donors (Lipinski definition) is 1. The van der Waals surface area contributed by atoms with Gasteiger partial charge in [-0.15, -0.1) is 10.2 Å². The highest BCUT2D eigenvalue weighted by atomic mass is 16.1. The van der Waals surface area contributed by atoms with Crippen molar-refractivity contribution in [1.29, 1.82) is 0 Å². The summed E-state index contributed by atoms with van der Waals surface area (Å²) in [5.41, 5.74) is 3.63. The number of benzene rings is 1. The Morgan fingerprint density at radius 3 is 2.68 bits per heavy atom. The molecule has 5 rings (SSSR count). The fourth-order valence-electron chi connectivity index (χ4n) is 3.61. The highest BCUT2D eigenvalue weighted by Gasteiger charge is 2.19. The molecule has 0 spiro atoms. The molecule has 1 amide bonds. The molecule has 8 nitrogen and oxygen atoms in total. The smallest absolute Gasteiger partial charge is 0.252 e. The minimum absolute atomic E-state index is 0.120. The molecule has 31 heavy (non-hydrogen) atoms. The van der Waals surface area contributed by atoms with E-state index in [9.17, 15) is 4.79 Å². The van der Waals surface area contributed by atoms with Crippen molar-refractivity contribution in [3.63, 3.8) is 0 Å². The lowest BCUT2D eigenvalue weighted by molar-refractivity contribution is 0.0951. The molecule has 1 aromatic carbocycles. The van der Waals surface area contributed by atoms with E-state index < -0.39 is 0 Å². The SMILES string of the molecule is CC(C)n1ncc2c(C(=O)NCc3nnc4ccccn34)cc(-c3ccccc3)nc21. The fraction of sp³-hybridized carbons (Fsp3) is 0.174. The van der Waals surface area contributed by atoms with Gasteiger partial charge in [-0.25, -0.2) is 9.67 Å². The summed E-state index contributed by atoms with van der Waals surface area (Å²) in [6.07, 6.45) is 3.58. The maximum atomic E-state index is 13.2. The first-order chi connectivity index (χ1) is 15.1. The van der Waals surface area contributed by atoms with Crippen molar-refractivity contribution < 1.29 is 4.79 Å². The van der Waals surface area contributed by atoms with Crippen LogP contribution < -0.4 is 5.32 Å². The van der Waals surface area contributed by atoms with Gasteiger partial charge in [0.1, 0.15) is 0 Å². The largest absolute Gasteiger partial charge is 0.345 e. The van der Waals surface area contributed by atoms with Crippen LogP contribution in [0, 0.1) is 0 Å². The topological polar surface area (TPSA) is 90.0 Å². The number of amides is 1. The molecule has 5 aromatic rings.